The molecule has 0 aromatic heterocycles. The first-order chi connectivity index (χ1) is 9.19. The zero-order valence-corrected chi connectivity index (χ0v) is 10.8. The van der Waals surface area contributed by atoms with Crippen LogP contribution in [0.25, 0.3) is 17.2 Å². The second-order valence-electron chi connectivity index (χ2n) is 4.32. The average Bonchev–Trinajstić information content (AvgIpc) is 2.46. The number of aryl methyl sites for hydroxylation is 1. The SMILES string of the molecule is CCc1ccc(-c2ccc(/C=C/C(=O)[O-])cc2)cc1. The summed E-state index contributed by atoms with van der Waals surface area (Å²) < 4.78 is 0. The van der Waals surface area contributed by atoms with E-state index in [1.807, 2.05) is 24.3 Å². The Morgan fingerprint density at radius 2 is 1.53 bits per heavy atom. The van der Waals surface area contributed by atoms with E-state index in [1.165, 1.54) is 11.6 Å². The highest BCUT2D eigenvalue weighted by atomic mass is 16.4. The molecular weight excluding hydrogens is 236 g/mol. The Morgan fingerprint density at radius 3 is 2.00 bits per heavy atom. The average molecular weight is 251 g/mol. The van der Waals surface area contributed by atoms with Crippen LogP contribution in [0.3, 0.4) is 0 Å². The van der Waals surface area contributed by atoms with Gasteiger partial charge in [0.2, 0.25) is 0 Å². The third-order valence-electron chi connectivity index (χ3n) is 3.02. The van der Waals surface area contributed by atoms with Gasteiger partial charge in [-0.05, 0) is 34.8 Å². The third-order valence-corrected chi connectivity index (χ3v) is 3.02. The van der Waals surface area contributed by atoms with Gasteiger partial charge < -0.3 is 9.90 Å². The minimum Gasteiger partial charge on any atom is -0.545 e. The minimum atomic E-state index is -1.18. The van der Waals surface area contributed by atoms with Gasteiger partial charge in [0.05, 0.1) is 5.97 Å². The van der Waals surface area contributed by atoms with Crippen molar-refractivity contribution < 1.29 is 9.90 Å². The molecule has 2 nitrogen and oxygen atoms in total. The summed E-state index contributed by atoms with van der Waals surface area (Å²) in [5.74, 6) is -1.18. The largest absolute Gasteiger partial charge is 0.545 e. The maximum Gasteiger partial charge on any atom is 0.0643 e. The normalized spacial score (nSPS) is 10.8. The molecule has 0 radical (unpaired) electrons. The first-order valence-corrected chi connectivity index (χ1v) is 6.27. The summed E-state index contributed by atoms with van der Waals surface area (Å²) >= 11 is 0. The summed E-state index contributed by atoms with van der Waals surface area (Å²) in [6, 6.07) is 16.2. The van der Waals surface area contributed by atoms with Gasteiger partial charge in [0, 0.05) is 0 Å². The van der Waals surface area contributed by atoms with Crippen molar-refractivity contribution >= 4 is 12.0 Å². The molecule has 96 valence electrons. The van der Waals surface area contributed by atoms with Crippen molar-refractivity contribution in [3.8, 4) is 11.1 Å². The number of carbonyl (C=O) groups is 1. The summed E-state index contributed by atoms with van der Waals surface area (Å²) in [4.78, 5) is 10.3. The van der Waals surface area contributed by atoms with Crippen molar-refractivity contribution in [3.63, 3.8) is 0 Å². The van der Waals surface area contributed by atoms with E-state index in [-0.39, 0.29) is 0 Å². The molecule has 0 N–H and O–H groups in total. The Kier molecular flexibility index (Phi) is 4.14. The van der Waals surface area contributed by atoms with Crippen LogP contribution < -0.4 is 5.11 Å². The van der Waals surface area contributed by atoms with Gasteiger partial charge in [0.25, 0.3) is 0 Å². The van der Waals surface area contributed by atoms with E-state index in [2.05, 4.69) is 31.2 Å². The minimum absolute atomic E-state index is 0.845. The summed E-state index contributed by atoms with van der Waals surface area (Å²) in [7, 11) is 0. The molecule has 2 rings (SSSR count). The molecule has 0 aliphatic rings. The van der Waals surface area contributed by atoms with Crippen molar-refractivity contribution in [1.82, 2.24) is 0 Å². The summed E-state index contributed by atoms with van der Waals surface area (Å²) in [6.45, 7) is 2.13. The predicted octanol–water partition coefficient (Wildman–Crippen LogP) is 2.68. The van der Waals surface area contributed by atoms with Gasteiger partial charge in [0.1, 0.15) is 0 Å². The van der Waals surface area contributed by atoms with E-state index < -0.39 is 5.97 Å². The molecule has 0 heterocycles. The highest BCUT2D eigenvalue weighted by Crippen LogP contribution is 2.20. The zero-order valence-electron chi connectivity index (χ0n) is 10.8. The number of rotatable bonds is 4. The third kappa shape index (κ3) is 3.55. The number of carbonyl (C=O) groups excluding carboxylic acids is 1. The van der Waals surface area contributed by atoms with Crippen molar-refractivity contribution in [3.05, 3.63) is 65.7 Å². The predicted molar refractivity (Wildman–Crippen MR) is 75.3 cm³/mol. The molecule has 0 spiro atoms. The van der Waals surface area contributed by atoms with E-state index in [4.69, 9.17) is 0 Å². The first kappa shape index (κ1) is 13.1. The van der Waals surface area contributed by atoms with E-state index in [0.717, 1.165) is 29.2 Å². The molecule has 0 atom stereocenters. The van der Waals surface area contributed by atoms with E-state index >= 15 is 0 Å². The second-order valence-corrected chi connectivity index (χ2v) is 4.32. The van der Waals surface area contributed by atoms with Crippen LogP contribution >= 0.6 is 0 Å². The number of carboxylic acids is 1. The molecule has 0 bridgehead atoms. The number of benzene rings is 2. The Balaban J connectivity index is 2.19. The monoisotopic (exact) mass is 251 g/mol. The molecule has 0 aliphatic heterocycles. The fourth-order valence-electron chi connectivity index (χ4n) is 1.88. The lowest BCUT2D eigenvalue weighted by atomic mass is 10.0. The van der Waals surface area contributed by atoms with Gasteiger partial charge in [-0.3, -0.25) is 0 Å². The van der Waals surface area contributed by atoms with Gasteiger partial charge >= 0.3 is 0 Å². The van der Waals surface area contributed by atoms with Crippen LogP contribution in [0.15, 0.2) is 54.6 Å². The highest BCUT2D eigenvalue weighted by Gasteiger charge is 1.97. The molecule has 0 saturated carbocycles. The number of carboxylic acid groups (broad SMARTS) is 1. The van der Waals surface area contributed by atoms with Crippen LogP contribution in [-0.2, 0) is 11.2 Å². The van der Waals surface area contributed by atoms with Gasteiger partial charge in [-0.15, -0.1) is 0 Å². The van der Waals surface area contributed by atoms with E-state index in [1.54, 1.807) is 0 Å². The molecule has 0 unspecified atom stereocenters. The topological polar surface area (TPSA) is 40.1 Å². The Labute approximate surface area is 113 Å². The van der Waals surface area contributed by atoms with E-state index in [0.29, 0.717) is 0 Å². The Morgan fingerprint density at radius 1 is 1.00 bits per heavy atom. The lowest BCUT2D eigenvalue weighted by molar-refractivity contribution is -0.297. The molecule has 0 fully saturated rings. The van der Waals surface area contributed by atoms with Crippen LogP contribution in [0.5, 0.6) is 0 Å². The fraction of sp³-hybridized carbons (Fsp3) is 0.118. The van der Waals surface area contributed by atoms with Crippen LogP contribution in [0.4, 0.5) is 0 Å². The first-order valence-electron chi connectivity index (χ1n) is 6.27. The van der Waals surface area contributed by atoms with Crippen molar-refractivity contribution in [2.45, 2.75) is 13.3 Å². The van der Waals surface area contributed by atoms with E-state index in [9.17, 15) is 9.90 Å². The Bertz CT molecular complexity index is 578. The number of hydrogen-bond donors (Lipinski definition) is 0. The second kappa shape index (κ2) is 6.01. The lowest BCUT2D eigenvalue weighted by Gasteiger charge is -2.04. The summed E-state index contributed by atoms with van der Waals surface area (Å²) in [6.07, 6.45) is 3.59. The lowest BCUT2D eigenvalue weighted by Crippen LogP contribution is -2.18. The standard InChI is InChI=1S/C17H16O2/c1-2-13-3-8-15(9-4-13)16-10-5-14(6-11-16)7-12-17(18)19/h3-12H,2H2,1H3,(H,18,19)/p-1/b12-7+. The molecule has 2 aromatic carbocycles. The molecule has 19 heavy (non-hydrogen) atoms. The molecule has 2 aromatic rings. The smallest absolute Gasteiger partial charge is 0.0643 e. The van der Waals surface area contributed by atoms with Crippen LogP contribution in [-0.4, -0.2) is 5.97 Å². The van der Waals surface area contributed by atoms with Crippen molar-refractivity contribution in [2.75, 3.05) is 0 Å². The zero-order chi connectivity index (χ0) is 13.7. The van der Waals surface area contributed by atoms with Gasteiger partial charge in [-0.2, -0.15) is 0 Å². The van der Waals surface area contributed by atoms with Crippen molar-refractivity contribution in [2.24, 2.45) is 0 Å². The molecule has 0 aliphatic carbocycles. The maximum absolute atomic E-state index is 10.3. The fourth-order valence-corrected chi connectivity index (χ4v) is 1.88. The van der Waals surface area contributed by atoms with Gasteiger partial charge in [0.15, 0.2) is 0 Å². The number of aliphatic carboxylic acids is 1. The van der Waals surface area contributed by atoms with Gasteiger partial charge in [-0.25, -0.2) is 0 Å². The van der Waals surface area contributed by atoms with Crippen LogP contribution in [0, 0.1) is 0 Å². The molecule has 0 saturated heterocycles. The number of hydrogen-bond acceptors (Lipinski definition) is 2. The summed E-state index contributed by atoms with van der Waals surface area (Å²) in [5, 5.41) is 10.3. The van der Waals surface area contributed by atoms with Gasteiger partial charge in [-0.1, -0.05) is 61.5 Å². The maximum atomic E-state index is 10.3. The molecule has 2 heteroatoms. The van der Waals surface area contributed by atoms with Crippen LogP contribution in [0.2, 0.25) is 0 Å². The highest BCUT2D eigenvalue weighted by molar-refractivity contribution is 5.83. The Hall–Kier alpha value is -2.35. The molecular formula is C17H15O2-. The van der Waals surface area contributed by atoms with Crippen LogP contribution in [0.1, 0.15) is 18.1 Å². The van der Waals surface area contributed by atoms with Crippen molar-refractivity contribution in [1.29, 1.82) is 0 Å². The molecule has 0 amide bonds. The quantitative estimate of drug-likeness (QED) is 0.784. The summed E-state index contributed by atoms with van der Waals surface area (Å²) in [5.41, 5.74) is 4.44.